The number of aryl methyl sites for hydroxylation is 1. The zero-order valence-electron chi connectivity index (χ0n) is 8.04. The molecule has 15 heavy (non-hydrogen) atoms. The van der Waals surface area contributed by atoms with Gasteiger partial charge in [0.15, 0.2) is 0 Å². The Balaban J connectivity index is 3.12. The van der Waals surface area contributed by atoms with E-state index in [4.69, 9.17) is 0 Å². The van der Waals surface area contributed by atoms with Gasteiger partial charge in [-0.3, -0.25) is 15.1 Å². The van der Waals surface area contributed by atoms with Crippen molar-refractivity contribution in [3.8, 4) is 0 Å². The van der Waals surface area contributed by atoms with Gasteiger partial charge in [-0.25, -0.2) is 8.42 Å². The zero-order chi connectivity index (χ0) is 11.4. The molecule has 0 bridgehead atoms. The third-order valence-electron chi connectivity index (χ3n) is 1.89. The third-order valence-corrected chi connectivity index (χ3v) is 2.47. The summed E-state index contributed by atoms with van der Waals surface area (Å²) < 4.78 is 20.9. The zero-order valence-corrected chi connectivity index (χ0v) is 8.94. The van der Waals surface area contributed by atoms with Gasteiger partial charge in [-0.15, -0.1) is 0 Å². The Morgan fingerprint density at radius 2 is 2.20 bits per heavy atom. The number of pyridine rings is 1. The highest BCUT2D eigenvalue weighted by Crippen LogP contribution is 2.18. The van der Waals surface area contributed by atoms with E-state index in [1.54, 1.807) is 6.92 Å². The highest BCUT2D eigenvalue weighted by molar-refractivity contribution is 7.71. The molecular weight excluding hydrogens is 220 g/mol. The van der Waals surface area contributed by atoms with Crippen LogP contribution in [0.4, 0.5) is 5.69 Å². The van der Waals surface area contributed by atoms with Crippen LogP contribution in [0, 0.1) is 10.1 Å². The van der Waals surface area contributed by atoms with Gasteiger partial charge in [-0.05, 0) is 12.5 Å². The van der Waals surface area contributed by atoms with Gasteiger partial charge in [0.1, 0.15) is 16.9 Å². The molecule has 82 valence electrons. The Labute approximate surface area is 88.1 Å². The lowest BCUT2D eigenvalue weighted by Crippen LogP contribution is -1.99. The summed E-state index contributed by atoms with van der Waals surface area (Å²) in [5.41, 5.74) is 0.776. The van der Waals surface area contributed by atoms with Crippen molar-refractivity contribution in [3.05, 3.63) is 33.6 Å². The van der Waals surface area contributed by atoms with Gasteiger partial charge in [0.05, 0.1) is 16.4 Å². The molecule has 1 rings (SSSR count). The monoisotopic (exact) mass is 230 g/mol. The van der Waals surface area contributed by atoms with Crippen LogP contribution in [0.3, 0.4) is 0 Å². The Kier molecular flexibility index (Phi) is 3.73. The number of aromatic nitrogens is 1. The fraction of sp³-hybridized carbons (Fsp3) is 0.375. The summed E-state index contributed by atoms with van der Waals surface area (Å²) >= 11 is 0. The molecule has 0 radical (unpaired) electrons. The molecule has 0 saturated carbocycles. The maximum absolute atomic E-state index is 10.6. The van der Waals surface area contributed by atoms with Crippen LogP contribution in [0.2, 0.25) is 0 Å². The normalized spacial score (nSPS) is 10.5. The SMILES string of the molecule is CCc1cc(C[SH](=O)=O)ncc1[N+](=O)[O-]. The lowest BCUT2D eigenvalue weighted by molar-refractivity contribution is -0.385. The van der Waals surface area contributed by atoms with Crippen molar-refractivity contribution in [2.24, 2.45) is 0 Å². The minimum Gasteiger partial charge on any atom is -0.258 e. The van der Waals surface area contributed by atoms with Crippen molar-refractivity contribution in [1.82, 2.24) is 4.98 Å². The van der Waals surface area contributed by atoms with Crippen molar-refractivity contribution >= 4 is 16.4 Å². The van der Waals surface area contributed by atoms with E-state index in [0.29, 0.717) is 17.7 Å². The smallest absolute Gasteiger partial charge is 0.258 e. The van der Waals surface area contributed by atoms with Crippen LogP contribution in [0.25, 0.3) is 0 Å². The molecule has 0 aliphatic heterocycles. The third kappa shape index (κ3) is 2.98. The van der Waals surface area contributed by atoms with Crippen LogP contribution in [-0.2, 0) is 22.9 Å². The standard InChI is InChI=1S/C8H10N2O4S/c1-2-6-3-7(5-15(13)14)9-4-8(6)10(11)12/h3-4,15H,2,5H2,1H3. The molecule has 0 atom stereocenters. The second-order valence-electron chi connectivity index (χ2n) is 2.91. The summed E-state index contributed by atoms with van der Waals surface area (Å²) in [6.07, 6.45) is 1.58. The van der Waals surface area contributed by atoms with Crippen molar-refractivity contribution in [2.75, 3.05) is 0 Å². The van der Waals surface area contributed by atoms with Gasteiger partial charge in [-0.2, -0.15) is 0 Å². The minimum absolute atomic E-state index is 0.0672. The molecule has 0 unspecified atom stereocenters. The molecule has 0 N–H and O–H groups in total. The first-order chi connectivity index (χ1) is 7.04. The van der Waals surface area contributed by atoms with Crippen molar-refractivity contribution < 1.29 is 13.3 Å². The summed E-state index contributed by atoms with van der Waals surface area (Å²) in [7, 11) is -2.55. The molecule has 0 aromatic carbocycles. The highest BCUT2D eigenvalue weighted by atomic mass is 32.2. The van der Waals surface area contributed by atoms with Crippen LogP contribution >= 0.6 is 0 Å². The molecule has 7 heteroatoms. The second kappa shape index (κ2) is 4.83. The van der Waals surface area contributed by atoms with E-state index in [9.17, 15) is 18.5 Å². The number of hydrogen-bond donors (Lipinski definition) is 1. The van der Waals surface area contributed by atoms with Gasteiger partial charge in [0.2, 0.25) is 0 Å². The number of nitro groups is 1. The summed E-state index contributed by atoms with van der Waals surface area (Å²) in [5.74, 6) is -0.180. The van der Waals surface area contributed by atoms with Gasteiger partial charge in [0.25, 0.3) is 5.69 Å². The van der Waals surface area contributed by atoms with E-state index >= 15 is 0 Å². The quantitative estimate of drug-likeness (QED) is 0.466. The minimum atomic E-state index is -2.55. The molecular formula is C8H10N2O4S. The van der Waals surface area contributed by atoms with E-state index in [-0.39, 0.29) is 11.4 Å². The van der Waals surface area contributed by atoms with Gasteiger partial charge in [-0.1, -0.05) is 6.92 Å². The molecule has 1 heterocycles. The fourth-order valence-corrected chi connectivity index (χ4v) is 1.64. The average Bonchev–Trinajstić information content (AvgIpc) is 2.16. The molecule has 6 nitrogen and oxygen atoms in total. The van der Waals surface area contributed by atoms with E-state index in [2.05, 4.69) is 4.98 Å². The molecule has 0 aliphatic carbocycles. The Hall–Kier alpha value is -1.50. The number of thiol groups is 1. The maximum atomic E-state index is 10.6. The van der Waals surface area contributed by atoms with Crippen molar-refractivity contribution in [1.29, 1.82) is 0 Å². The Morgan fingerprint density at radius 3 is 2.67 bits per heavy atom. The summed E-state index contributed by atoms with van der Waals surface area (Å²) in [6.45, 7) is 1.77. The molecule has 0 fully saturated rings. The van der Waals surface area contributed by atoms with Crippen molar-refractivity contribution in [2.45, 2.75) is 19.1 Å². The fourth-order valence-electron chi connectivity index (χ4n) is 1.21. The van der Waals surface area contributed by atoms with Crippen LogP contribution in [0.5, 0.6) is 0 Å². The van der Waals surface area contributed by atoms with E-state index in [0.717, 1.165) is 6.20 Å². The molecule has 0 saturated heterocycles. The number of nitrogens with zero attached hydrogens (tertiary/aromatic N) is 2. The summed E-state index contributed by atoms with van der Waals surface area (Å²) in [4.78, 5) is 13.8. The van der Waals surface area contributed by atoms with Gasteiger partial charge >= 0.3 is 0 Å². The van der Waals surface area contributed by atoms with E-state index < -0.39 is 15.6 Å². The second-order valence-corrected chi connectivity index (χ2v) is 3.89. The van der Waals surface area contributed by atoms with Crippen LogP contribution in [0.1, 0.15) is 18.2 Å². The highest BCUT2D eigenvalue weighted by Gasteiger charge is 2.13. The molecule has 0 amide bonds. The van der Waals surface area contributed by atoms with Crippen LogP contribution < -0.4 is 0 Å². The van der Waals surface area contributed by atoms with E-state index in [1.165, 1.54) is 6.07 Å². The molecule has 0 aliphatic rings. The average molecular weight is 230 g/mol. The first-order valence-electron chi connectivity index (χ1n) is 4.28. The van der Waals surface area contributed by atoms with Crippen LogP contribution in [-0.4, -0.2) is 18.3 Å². The number of hydrogen-bond acceptors (Lipinski definition) is 5. The molecule has 1 aromatic heterocycles. The predicted molar refractivity (Wildman–Crippen MR) is 54.3 cm³/mol. The van der Waals surface area contributed by atoms with Crippen LogP contribution in [0.15, 0.2) is 12.3 Å². The lowest BCUT2D eigenvalue weighted by atomic mass is 10.1. The molecule has 0 spiro atoms. The first-order valence-corrected chi connectivity index (χ1v) is 5.64. The van der Waals surface area contributed by atoms with Gasteiger partial charge in [0, 0.05) is 5.56 Å². The summed E-state index contributed by atoms with van der Waals surface area (Å²) in [6, 6.07) is 1.46. The Bertz CT molecular complexity index is 448. The molecule has 1 aromatic rings. The maximum Gasteiger partial charge on any atom is 0.290 e. The van der Waals surface area contributed by atoms with Gasteiger partial charge < -0.3 is 0 Å². The largest absolute Gasteiger partial charge is 0.290 e. The lowest BCUT2D eigenvalue weighted by Gasteiger charge is -2.00. The topological polar surface area (TPSA) is 90.2 Å². The summed E-state index contributed by atoms with van der Waals surface area (Å²) in [5, 5.41) is 10.6. The van der Waals surface area contributed by atoms with E-state index in [1.807, 2.05) is 0 Å². The first kappa shape index (κ1) is 11.6. The number of rotatable bonds is 4. The van der Waals surface area contributed by atoms with Crippen molar-refractivity contribution in [3.63, 3.8) is 0 Å². The Morgan fingerprint density at radius 1 is 1.53 bits per heavy atom. The predicted octanol–water partition coefficient (Wildman–Crippen LogP) is 0.664.